The SMILES string of the molecule is N[C@@H](CS)C(=O)C(=O)NC(SSCCOC(=O)Nc1ncnc2c1ncn2C1CC(O)C(COP(=O)(O)OP(=O)(O)OP(=O)(O)O)O1)C(=O)NCCCCCC(=O)NCCn1c(=O)ccn(C2CC(O)C(COP(=O)(O)O)O2)c1=O. The molecule has 0 aliphatic carbocycles. The molecular weight excluding hydrogens is 1220 g/mol. The number of phosphoric ester groups is 2. The number of phosphoric acid groups is 4. The van der Waals surface area contributed by atoms with Crippen molar-refractivity contribution in [2.45, 2.75) is 93.4 Å². The Morgan fingerprint density at radius 3 is 2.15 bits per heavy atom. The van der Waals surface area contributed by atoms with E-state index in [1.807, 2.05) is 0 Å². The van der Waals surface area contributed by atoms with Crippen LogP contribution in [0.4, 0.5) is 10.6 Å². The van der Waals surface area contributed by atoms with Crippen molar-refractivity contribution in [2.24, 2.45) is 5.73 Å². The Labute approximate surface area is 463 Å². The lowest BCUT2D eigenvalue weighted by atomic mass is 10.2. The molecule has 448 valence electrons. The topological polar surface area (TPSA) is 542 Å². The summed E-state index contributed by atoms with van der Waals surface area (Å²) in [5.41, 5.74) is 4.21. The second-order valence-electron chi connectivity index (χ2n) is 16.7. The summed E-state index contributed by atoms with van der Waals surface area (Å²) in [7, 11) is -20.0. The summed E-state index contributed by atoms with van der Waals surface area (Å²) in [4.78, 5) is 156. The number of carbonyl (C=O) groups excluding carboxylic acids is 5. The number of ketones is 1. The first-order chi connectivity index (χ1) is 37.5. The van der Waals surface area contributed by atoms with Crippen LogP contribution >= 0.6 is 65.5 Å². The third kappa shape index (κ3) is 21.0. The van der Waals surface area contributed by atoms with Crippen LogP contribution in [0, 0.1) is 0 Å². The molecule has 2 saturated heterocycles. The van der Waals surface area contributed by atoms with Crippen LogP contribution in [0.15, 0.2) is 34.5 Å². The van der Waals surface area contributed by atoms with Gasteiger partial charge in [-0.05, 0) is 12.8 Å². The van der Waals surface area contributed by atoms with Crippen molar-refractivity contribution < 1.29 is 114 Å². The van der Waals surface area contributed by atoms with E-state index in [1.54, 1.807) is 0 Å². The van der Waals surface area contributed by atoms with Crippen molar-refractivity contribution in [3.63, 3.8) is 0 Å². The van der Waals surface area contributed by atoms with Crippen molar-refractivity contribution in [3.8, 4) is 0 Å². The van der Waals surface area contributed by atoms with Crippen molar-refractivity contribution in [3.05, 3.63) is 45.8 Å². The third-order valence-electron chi connectivity index (χ3n) is 10.8. The van der Waals surface area contributed by atoms with Crippen molar-refractivity contribution in [1.29, 1.82) is 0 Å². The van der Waals surface area contributed by atoms with Crippen LogP contribution in [0.1, 0.15) is 51.0 Å². The van der Waals surface area contributed by atoms with Gasteiger partial charge in [0.2, 0.25) is 11.7 Å². The Bertz CT molecular complexity index is 3000. The Balaban J connectivity index is 1.03. The zero-order valence-electron chi connectivity index (χ0n) is 41.1. The maximum Gasteiger partial charge on any atom is 0.490 e. The molecule has 0 spiro atoms. The molecule has 10 atom stereocenters. The summed E-state index contributed by atoms with van der Waals surface area (Å²) < 4.78 is 81.5. The molecule has 0 radical (unpaired) electrons. The van der Waals surface area contributed by atoms with Gasteiger partial charge in [0.25, 0.3) is 17.4 Å². The summed E-state index contributed by atoms with van der Waals surface area (Å²) in [6.45, 7) is -2.12. The molecule has 9 unspecified atom stereocenters. The average molecular weight is 1280 g/mol. The van der Waals surface area contributed by atoms with E-state index in [2.05, 4.69) is 66.5 Å². The highest BCUT2D eigenvalue weighted by molar-refractivity contribution is 8.77. The molecule has 5 heterocycles. The third-order valence-corrected chi connectivity index (χ3v) is 17.9. The normalized spacial score (nSPS) is 21.7. The van der Waals surface area contributed by atoms with Gasteiger partial charge >= 0.3 is 43.1 Å². The highest BCUT2D eigenvalue weighted by Gasteiger charge is 2.43. The molecule has 2 aliphatic rings. The van der Waals surface area contributed by atoms with Crippen LogP contribution in [0.25, 0.3) is 11.2 Å². The fourth-order valence-electron chi connectivity index (χ4n) is 7.10. The second kappa shape index (κ2) is 30.0. The van der Waals surface area contributed by atoms with Crippen LogP contribution in [0.5, 0.6) is 0 Å². The highest BCUT2D eigenvalue weighted by Crippen LogP contribution is 2.66. The smallest absolute Gasteiger partial charge is 0.448 e. The van der Waals surface area contributed by atoms with E-state index in [0.29, 0.717) is 19.3 Å². The average Bonchev–Trinajstić information content (AvgIpc) is 4.08. The van der Waals surface area contributed by atoms with E-state index in [1.165, 1.54) is 10.9 Å². The van der Waals surface area contributed by atoms with Gasteiger partial charge in [0.05, 0.1) is 37.8 Å². The standard InChI is InChI=1S/C36H55N11O26P4S3/c37-19(16-78)29(52)32(53)44-34(33(54)39-6-3-1-2-4-24(50)38-7-9-45-25(51)5-8-46(36(45)56)26-12-20(48)22(70-26)14-68-74(57,58)59)80-79-11-10-67-35(55)43-30-28-31(41-17-40-30)47(18-42-28)27-13-21(49)23(71-27)15-69-76(63,64)73-77(65,66)72-75(60,61)62/h5,8,17-23,26-27,34,48-49,78H,1-4,6-7,9-16,37H2,(H,38,50)(H,39,54)(H,44,53)(H,63,64)(H,65,66)(H2,57,58,59)(H2,60,61,62)(H,40,41,43,55)/t19-,20?,21?,22?,23?,26?,27?,34?/m0/s1. The first kappa shape index (κ1) is 66.7. The minimum absolute atomic E-state index is 0.00714. The molecule has 2 aliphatic heterocycles. The van der Waals surface area contributed by atoms with E-state index < -0.39 is 134 Å². The number of nitrogens with one attached hydrogen (secondary N) is 4. The largest absolute Gasteiger partial charge is 0.490 e. The lowest BCUT2D eigenvalue weighted by molar-refractivity contribution is -0.139. The van der Waals surface area contributed by atoms with E-state index in [0.717, 1.165) is 49.3 Å². The van der Waals surface area contributed by atoms with E-state index in [-0.39, 0.29) is 74.0 Å². The van der Waals surface area contributed by atoms with Gasteiger partial charge in [0.1, 0.15) is 37.6 Å². The predicted molar refractivity (Wildman–Crippen MR) is 275 cm³/mol. The van der Waals surface area contributed by atoms with Crippen LogP contribution in [-0.4, -0.2) is 178 Å². The zero-order valence-corrected chi connectivity index (χ0v) is 47.2. The van der Waals surface area contributed by atoms with Gasteiger partial charge in [-0.25, -0.2) is 42.8 Å². The minimum Gasteiger partial charge on any atom is -0.448 e. The molecule has 0 bridgehead atoms. The number of thiol groups is 1. The highest BCUT2D eigenvalue weighted by atomic mass is 33.1. The number of ether oxygens (including phenoxy) is 3. The van der Waals surface area contributed by atoms with E-state index >= 15 is 0 Å². The maximum atomic E-state index is 13.2. The maximum absolute atomic E-state index is 13.2. The molecule has 37 nitrogen and oxygen atoms in total. The monoisotopic (exact) mass is 1280 g/mol. The number of nitrogens with zero attached hydrogens (tertiary/aromatic N) is 6. The number of fused-ring (bicyclic) bond motifs is 1. The Hall–Kier alpha value is -4.05. The molecule has 80 heavy (non-hydrogen) atoms. The molecule has 0 saturated carbocycles. The predicted octanol–water partition coefficient (Wildman–Crippen LogP) is -2.41. The number of rotatable bonds is 32. The van der Waals surface area contributed by atoms with Gasteiger partial charge in [-0.2, -0.15) is 21.3 Å². The van der Waals surface area contributed by atoms with Crippen LogP contribution < -0.4 is 38.2 Å². The molecule has 5 rings (SSSR count). The lowest BCUT2D eigenvalue weighted by Crippen LogP contribution is -2.50. The van der Waals surface area contributed by atoms with Gasteiger partial charge in [-0.1, -0.05) is 28.0 Å². The summed E-state index contributed by atoms with van der Waals surface area (Å²) in [6.07, 6.45) is -4.09. The number of hydrogen-bond donors (Lipinski definition) is 14. The second-order valence-corrected chi connectivity index (χ2v) is 25.3. The zero-order chi connectivity index (χ0) is 59.2. The number of hydrogen-bond acceptors (Lipinski definition) is 27. The molecule has 2 fully saturated rings. The van der Waals surface area contributed by atoms with Crippen molar-refractivity contribution in [1.82, 2.24) is 44.6 Å². The van der Waals surface area contributed by atoms with Crippen LogP contribution in [-0.2, 0) is 75.9 Å². The van der Waals surface area contributed by atoms with E-state index in [4.69, 9.17) is 39.5 Å². The first-order valence-corrected chi connectivity index (χ1v) is 32.2. The van der Waals surface area contributed by atoms with Crippen molar-refractivity contribution in [2.75, 3.05) is 49.7 Å². The number of anilines is 1. The van der Waals surface area contributed by atoms with Crippen molar-refractivity contribution >= 4 is 112 Å². The molecule has 3 aromatic rings. The lowest BCUT2D eigenvalue weighted by Gasteiger charge is -2.19. The van der Waals surface area contributed by atoms with Gasteiger partial charge < -0.3 is 75.5 Å². The number of nitrogens with two attached hydrogens (primary N) is 1. The number of carbonyl (C=O) groups is 5. The fourth-order valence-corrected chi connectivity index (χ4v) is 12.7. The van der Waals surface area contributed by atoms with Gasteiger partial charge in [0.15, 0.2) is 22.4 Å². The molecule has 44 heteroatoms. The summed E-state index contributed by atoms with van der Waals surface area (Å²) in [6, 6.07) is -0.187. The van der Waals surface area contributed by atoms with E-state index in [9.17, 15) is 71.8 Å². The number of amides is 4. The Kier molecular flexibility index (Phi) is 25.0. The first-order valence-electron chi connectivity index (χ1n) is 23.1. The molecule has 14 N–H and O–H groups in total. The quantitative estimate of drug-likeness (QED) is 0.00773. The molecule has 0 aromatic carbocycles. The molecular formula is C36H55N11O26P4S3. The van der Waals surface area contributed by atoms with Crippen LogP contribution in [0.2, 0.25) is 0 Å². The number of imidazole rings is 1. The molecule has 4 amide bonds. The number of unbranched alkanes of at least 4 members (excludes halogenated alkanes) is 2. The summed E-state index contributed by atoms with van der Waals surface area (Å²) in [5.74, 6) is -3.58. The minimum atomic E-state index is -5.80. The fraction of sp³-hybridized carbons (Fsp3) is 0.611. The summed E-state index contributed by atoms with van der Waals surface area (Å²) in [5, 5.41) is 29.4. The number of aromatic nitrogens is 6. The van der Waals surface area contributed by atoms with Gasteiger partial charge in [-0.15, -0.1) is 0 Å². The number of aliphatic hydroxyl groups excluding tert-OH is 2. The van der Waals surface area contributed by atoms with Gasteiger partial charge in [-0.3, -0.25) is 52.0 Å². The Morgan fingerprint density at radius 1 is 0.838 bits per heavy atom. The number of aliphatic hydroxyl groups is 2. The number of Topliss-reactive ketones (excluding diaryl/α,β-unsaturated/α-hetero) is 1. The Morgan fingerprint density at radius 2 is 1.50 bits per heavy atom. The van der Waals surface area contributed by atoms with Crippen LogP contribution in [0.3, 0.4) is 0 Å². The summed E-state index contributed by atoms with van der Waals surface area (Å²) >= 11 is 3.92. The molecule has 3 aromatic heterocycles. The van der Waals surface area contributed by atoms with Gasteiger partial charge in [0, 0.05) is 62.7 Å².